The van der Waals surface area contributed by atoms with Gasteiger partial charge in [-0.2, -0.15) is 4.31 Å². The van der Waals surface area contributed by atoms with Crippen LogP contribution in [-0.4, -0.2) is 57.0 Å². The van der Waals surface area contributed by atoms with Crippen LogP contribution in [0.4, 0.5) is 4.79 Å². The van der Waals surface area contributed by atoms with Crippen molar-refractivity contribution in [2.75, 3.05) is 26.3 Å². The molecule has 1 aromatic heterocycles. The molecule has 0 radical (unpaired) electrons. The fraction of sp³-hybridized carbons (Fsp3) is 0.375. The van der Waals surface area contributed by atoms with Gasteiger partial charge in [-0.25, -0.2) is 18.0 Å². The summed E-state index contributed by atoms with van der Waals surface area (Å²) in [6, 6.07) is 10.5. The Morgan fingerprint density at radius 1 is 1.08 bits per heavy atom. The molecule has 0 spiro atoms. The molecule has 1 aromatic carbocycles. The van der Waals surface area contributed by atoms with Gasteiger partial charge in [0.25, 0.3) is 0 Å². The minimum Gasteiger partial charge on any atom is -0.463 e. The number of hydrogen-bond acceptors (Lipinski definition) is 8. The molecule has 10 nitrogen and oxygen atoms in total. The van der Waals surface area contributed by atoms with Crippen LogP contribution in [0.2, 0.25) is 0 Å². The maximum Gasteiger partial charge on any atom is 0.338 e. The normalized spacial score (nSPS) is 19.4. The SMILES string of the molecule is CCOC(=O)C1=C(COC(=O)C2CCN(S(=O)(=O)c3ccccc3)CC2)NC(=O)N[C@@H]1c1cccs1. The minimum absolute atomic E-state index is 0.144. The van der Waals surface area contributed by atoms with E-state index in [-0.39, 0.29) is 42.5 Å². The summed E-state index contributed by atoms with van der Waals surface area (Å²) >= 11 is 1.37. The Hall–Kier alpha value is -3.22. The molecule has 0 unspecified atom stereocenters. The van der Waals surface area contributed by atoms with Gasteiger partial charge in [-0.1, -0.05) is 24.3 Å². The van der Waals surface area contributed by atoms with Crippen LogP contribution in [0.1, 0.15) is 30.7 Å². The van der Waals surface area contributed by atoms with E-state index in [1.54, 1.807) is 49.4 Å². The number of urea groups is 1. The first-order valence-corrected chi connectivity index (χ1v) is 13.9. The number of piperidine rings is 1. The van der Waals surface area contributed by atoms with Crippen LogP contribution in [-0.2, 0) is 29.1 Å². The molecule has 2 N–H and O–H groups in total. The van der Waals surface area contributed by atoms with Gasteiger partial charge < -0.3 is 20.1 Å². The molecule has 36 heavy (non-hydrogen) atoms. The second-order valence-electron chi connectivity index (χ2n) is 8.26. The third-order valence-corrected chi connectivity index (χ3v) is 8.85. The zero-order chi connectivity index (χ0) is 25.7. The van der Waals surface area contributed by atoms with Gasteiger partial charge in [-0.05, 0) is 43.3 Å². The maximum absolute atomic E-state index is 12.8. The molecule has 4 rings (SSSR count). The fourth-order valence-electron chi connectivity index (χ4n) is 4.19. The van der Waals surface area contributed by atoms with Gasteiger partial charge in [-0.3, -0.25) is 4.79 Å². The molecule has 3 heterocycles. The molecule has 2 aliphatic rings. The molecule has 1 atom stereocenters. The van der Waals surface area contributed by atoms with Crippen molar-refractivity contribution in [1.82, 2.24) is 14.9 Å². The van der Waals surface area contributed by atoms with Crippen LogP contribution in [0.25, 0.3) is 0 Å². The Kier molecular flexibility index (Phi) is 8.07. The molecule has 1 saturated heterocycles. The monoisotopic (exact) mass is 533 g/mol. The number of hydrogen-bond donors (Lipinski definition) is 2. The molecule has 2 aliphatic heterocycles. The summed E-state index contributed by atoms with van der Waals surface area (Å²) in [6.45, 7) is 1.89. The molecule has 2 aromatic rings. The number of ether oxygens (including phenoxy) is 2. The number of sulfonamides is 1. The van der Waals surface area contributed by atoms with Crippen molar-refractivity contribution in [3.8, 4) is 0 Å². The Bertz CT molecular complexity index is 1240. The first-order chi connectivity index (χ1) is 17.3. The van der Waals surface area contributed by atoms with Crippen molar-refractivity contribution in [2.45, 2.75) is 30.7 Å². The summed E-state index contributed by atoms with van der Waals surface area (Å²) in [6.07, 6.45) is 0.612. The van der Waals surface area contributed by atoms with E-state index < -0.39 is 40.0 Å². The summed E-state index contributed by atoms with van der Waals surface area (Å²) in [7, 11) is -3.63. The summed E-state index contributed by atoms with van der Waals surface area (Å²) < 4.78 is 37.7. The van der Waals surface area contributed by atoms with E-state index in [0.717, 1.165) is 4.88 Å². The average molecular weight is 534 g/mol. The van der Waals surface area contributed by atoms with E-state index in [4.69, 9.17) is 9.47 Å². The molecule has 0 saturated carbocycles. The first-order valence-electron chi connectivity index (χ1n) is 11.5. The quantitative estimate of drug-likeness (QED) is 0.499. The Morgan fingerprint density at radius 2 is 1.81 bits per heavy atom. The predicted octanol–water partition coefficient (Wildman–Crippen LogP) is 2.56. The summed E-state index contributed by atoms with van der Waals surface area (Å²) in [5.74, 6) is -1.62. The summed E-state index contributed by atoms with van der Waals surface area (Å²) in [5.41, 5.74) is 0.337. The van der Waals surface area contributed by atoms with E-state index in [2.05, 4.69) is 10.6 Å². The molecular formula is C24H27N3O7S2. The number of benzene rings is 1. The van der Waals surface area contributed by atoms with Gasteiger partial charge in [0.05, 0.1) is 34.7 Å². The highest BCUT2D eigenvalue weighted by Crippen LogP contribution is 2.31. The van der Waals surface area contributed by atoms with Gasteiger partial charge in [0, 0.05) is 18.0 Å². The number of nitrogens with one attached hydrogen (secondary N) is 2. The van der Waals surface area contributed by atoms with Crippen LogP contribution < -0.4 is 10.6 Å². The predicted molar refractivity (Wildman–Crippen MR) is 131 cm³/mol. The van der Waals surface area contributed by atoms with Gasteiger partial charge >= 0.3 is 18.0 Å². The van der Waals surface area contributed by atoms with Crippen molar-refractivity contribution >= 4 is 39.3 Å². The van der Waals surface area contributed by atoms with Gasteiger partial charge in [0.1, 0.15) is 6.61 Å². The second kappa shape index (κ2) is 11.2. The van der Waals surface area contributed by atoms with Crippen LogP contribution in [0, 0.1) is 5.92 Å². The largest absolute Gasteiger partial charge is 0.463 e. The second-order valence-corrected chi connectivity index (χ2v) is 11.2. The molecule has 12 heteroatoms. The smallest absolute Gasteiger partial charge is 0.338 e. The summed E-state index contributed by atoms with van der Waals surface area (Å²) in [5, 5.41) is 7.12. The lowest BCUT2D eigenvalue weighted by Crippen LogP contribution is -2.47. The molecule has 2 amide bonds. The third-order valence-electron chi connectivity index (χ3n) is 6.00. The lowest BCUT2D eigenvalue weighted by molar-refractivity contribution is -0.149. The topological polar surface area (TPSA) is 131 Å². The zero-order valence-electron chi connectivity index (χ0n) is 19.6. The number of carbonyl (C=O) groups excluding carboxylic acids is 3. The van der Waals surface area contributed by atoms with Crippen molar-refractivity contribution in [3.63, 3.8) is 0 Å². The molecule has 192 valence electrons. The van der Waals surface area contributed by atoms with Gasteiger partial charge in [0.2, 0.25) is 10.0 Å². The van der Waals surface area contributed by atoms with Crippen LogP contribution >= 0.6 is 11.3 Å². The third kappa shape index (κ3) is 5.61. The highest BCUT2D eigenvalue weighted by atomic mass is 32.2. The Balaban J connectivity index is 1.43. The number of amides is 2. The van der Waals surface area contributed by atoms with Crippen molar-refractivity contribution in [3.05, 3.63) is 64.0 Å². The Labute approximate surface area is 213 Å². The van der Waals surface area contributed by atoms with Crippen molar-refractivity contribution in [2.24, 2.45) is 5.92 Å². The van der Waals surface area contributed by atoms with Gasteiger partial charge in [-0.15, -0.1) is 11.3 Å². The minimum atomic E-state index is -3.63. The fourth-order valence-corrected chi connectivity index (χ4v) is 6.46. The van der Waals surface area contributed by atoms with E-state index in [1.165, 1.54) is 15.6 Å². The van der Waals surface area contributed by atoms with Crippen LogP contribution in [0.3, 0.4) is 0 Å². The van der Waals surface area contributed by atoms with E-state index in [1.807, 2.05) is 5.38 Å². The van der Waals surface area contributed by atoms with Crippen LogP contribution in [0.15, 0.2) is 64.0 Å². The lowest BCUT2D eigenvalue weighted by atomic mass is 9.98. The van der Waals surface area contributed by atoms with E-state index >= 15 is 0 Å². The standard InChI is InChI=1S/C24H27N3O7S2/c1-2-33-23(29)20-18(25-24(30)26-21(20)19-9-6-14-35-19)15-34-22(28)16-10-12-27(13-11-16)36(31,32)17-7-4-3-5-8-17/h3-9,14,16,21H,2,10-13,15H2,1H3,(H2,25,26,30)/t21-/m1/s1. The van der Waals surface area contributed by atoms with Crippen molar-refractivity contribution < 1.29 is 32.3 Å². The average Bonchev–Trinajstić information content (AvgIpc) is 3.42. The number of thiophene rings is 1. The van der Waals surface area contributed by atoms with E-state index in [9.17, 15) is 22.8 Å². The first kappa shape index (κ1) is 25.9. The highest BCUT2D eigenvalue weighted by Gasteiger charge is 2.36. The number of carbonyl (C=O) groups is 3. The molecule has 0 aliphatic carbocycles. The molecular weight excluding hydrogens is 506 g/mol. The zero-order valence-corrected chi connectivity index (χ0v) is 21.3. The highest BCUT2D eigenvalue weighted by molar-refractivity contribution is 7.89. The van der Waals surface area contributed by atoms with Crippen LogP contribution in [0.5, 0.6) is 0 Å². The number of nitrogens with zero attached hydrogens (tertiary/aromatic N) is 1. The molecule has 0 bridgehead atoms. The lowest BCUT2D eigenvalue weighted by Gasteiger charge is -2.31. The Morgan fingerprint density at radius 3 is 2.44 bits per heavy atom. The maximum atomic E-state index is 12.8. The molecule has 1 fully saturated rings. The van der Waals surface area contributed by atoms with Gasteiger partial charge in [0.15, 0.2) is 0 Å². The number of rotatable bonds is 8. The van der Waals surface area contributed by atoms with Crippen molar-refractivity contribution in [1.29, 1.82) is 0 Å². The number of esters is 2. The van der Waals surface area contributed by atoms with E-state index in [0.29, 0.717) is 12.8 Å². The summed E-state index contributed by atoms with van der Waals surface area (Å²) in [4.78, 5) is 38.8.